The van der Waals surface area contributed by atoms with Crippen molar-refractivity contribution in [3.63, 3.8) is 0 Å². The number of H-pyrrole nitrogens is 2. The first-order valence-corrected chi connectivity index (χ1v) is 11.8. The molecule has 1 aliphatic heterocycles. The van der Waals surface area contributed by atoms with Crippen molar-refractivity contribution in [1.82, 2.24) is 36.2 Å². The van der Waals surface area contributed by atoms with Gasteiger partial charge in [-0.3, -0.25) is 14.4 Å². The van der Waals surface area contributed by atoms with Crippen molar-refractivity contribution in [3.8, 4) is 0 Å². The molecule has 0 saturated carbocycles. The molecule has 0 bridgehead atoms. The predicted octanol–water partition coefficient (Wildman–Crippen LogP) is -0.401. The third-order valence-corrected chi connectivity index (χ3v) is 6.14. The third-order valence-electron chi connectivity index (χ3n) is 6.14. The Labute approximate surface area is 206 Å². The van der Waals surface area contributed by atoms with Crippen molar-refractivity contribution in [1.29, 1.82) is 0 Å². The number of fused-ring (bicyclic) bond motifs is 1. The number of hydrogen-bond donors (Lipinski definition) is 7. The fourth-order valence-corrected chi connectivity index (χ4v) is 4.26. The van der Waals surface area contributed by atoms with Gasteiger partial charge >= 0.3 is 5.97 Å². The molecule has 12 heteroatoms. The molecule has 4 rings (SSSR count). The Morgan fingerprint density at radius 3 is 2.64 bits per heavy atom. The summed E-state index contributed by atoms with van der Waals surface area (Å²) < 4.78 is 0. The number of aromatic amines is 2. The van der Waals surface area contributed by atoms with Crippen LogP contribution >= 0.6 is 0 Å². The van der Waals surface area contributed by atoms with Crippen molar-refractivity contribution in [2.75, 3.05) is 13.1 Å². The maximum Gasteiger partial charge on any atom is 0.326 e. The molecule has 3 atom stereocenters. The summed E-state index contributed by atoms with van der Waals surface area (Å²) in [6.07, 6.45) is 6.37. The van der Waals surface area contributed by atoms with Crippen LogP contribution in [0.1, 0.15) is 24.1 Å². The summed E-state index contributed by atoms with van der Waals surface area (Å²) in [6.45, 7) is 0.450. The van der Waals surface area contributed by atoms with Gasteiger partial charge in [-0.05, 0) is 31.0 Å². The lowest BCUT2D eigenvalue weighted by atomic mass is 10.0. The maximum atomic E-state index is 13.2. The zero-order valence-electron chi connectivity index (χ0n) is 19.5. The fourth-order valence-electron chi connectivity index (χ4n) is 4.26. The zero-order valence-corrected chi connectivity index (χ0v) is 19.5. The summed E-state index contributed by atoms with van der Waals surface area (Å²) in [5.74, 6) is -2.69. The molecule has 7 N–H and O–H groups in total. The third kappa shape index (κ3) is 6.27. The number of carbonyl (C=O) groups excluding carboxylic acids is 3. The van der Waals surface area contributed by atoms with E-state index in [1.807, 2.05) is 24.3 Å². The molecule has 1 aromatic carbocycles. The molecule has 0 radical (unpaired) electrons. The standard InChI is InChI=1S/C24H29N7O5/c32-21(12-28-22(33)18-6-3-7-26-18)30-19(8-14-10-27-17-5-2-1-4-16(14)17)23(34)31-20(24(35)36)9-15-11-25-13-29-15/h1-2,4-5,10-11,13,18-20,26-27H,3,6-9,12H2,(H,25,29)(H,28,33)(H,30,32)(H,31,34)(H,35,36). The molecule has 1 aliphatic rings. The van der Waals surface area contributed by atoms with Gasteiger partial charge in [0, 0.05) is 41.8 Å². The van der Waals surface area contributed by atoms with Crippen molar-refractivity contribution < 1.29 is 24.3 Å². The molecule has 0 aliphatic carbocycles. The second-order valence-corrected chi connectivity index (χ2v) is 8.73. The number of nitrogens with zero attached hydrogens (tertiary/aromatic N) is 1. The molecular formula is C24H29N7O5. The number of nitrogens with one attached hydrogen (secondary N) is 6. The molecule has 0 spiro atoms. The molecule has 1 fully saturated rings. The van der Waals surface area contributed by atoms with E-state index >= 15 is 0 Å². The summed E-state index contributed by atoms with van der Waals surface area (Å²) in [5.41, 5.74) is 2.20. The normalized spacial score (nSPS) is 16.8. The minimum absolute atomic E-state index is 0.000723. The van der Waals surface area contributed by atoms with E-state index in [1.165, 1.54) is 12.5 Å². The number of carboxylic acid groups (broad SMARTS) is 1. The van der Waals surface area contributed by atoms with Crippen LogP contribution in [0.15, 0.2) is 43.0 Å². The molecule has 3 aromatic rings. The lowest BCUT2D eigenvalue weighted by molar-refractivity contribution is -0.142. The molecule has 3 unspecified atom stereocenters. The Balaban J connectivity index is 1.46. The van der Waals surface area contributed by atoms with Crippen LogP contribution in [0.25, 0.3) is 10.9 Å². The van der Waals surface area contributed by atoms with Gasteiger partial charge in [-0.2, -0.15) is 0 Å². The molecule has 2 aromatic heterocycles. The van der Waals surface area contributed by atoms with Crippen molar-refractivity contribution in [3.05, 3.63) is 54.2 Å². The van der Waals surface area contributed by atoms with Crippen LogP contribution in [0.3, 0.4) is 0 Å². The minimum Gasteiger partial charge on any atom is -0.480 e. The number of aliphatic carboxylic acids is 1. The zero-order chi connectivity index (χ0) is 25.5. The quantitative estimate of drug-likeness (QED) is 0.189. The van der Waals surface area contributed by atoms with E-state index in [0.717, 1.165) is 29.4 Å². The lowest BCUT2D eigenvalue weighted by Crippen LogP contribution is -2.54. The summed E-state index contributed by atoms with van der Waals surface area (Å²) in [6, 6.07) is 4.90. The Morgan fingerprint density at radius 2 is 1.92 bits per heavy atom. The number of hydrogen-bond acceptors (Lipinski definition) is 6. The van der Waals surface area contributed by atoms with Gasteiger partial charge in [0.2, 0.25) is 17.7 Å². The highest BCUT2D eigenvalue weighted by Gasteiger charge is 2.29. The van der Waals surface area contributed by atoms with Gasteiger partial charge < -0.3 is 36.3 Å². The predicted molar refractivity (Wildman–Crippen MR) is 130 cm³/mol. The van der Waals surface area contributed by atoms with E-state index in [0.29, 0.717) is 12.1 Å². The summed E-state index contributed by atoms with van der Waals surface area (Å²) in [4.78, 5) is 59.8. The summed E-state index contributed by atoms with van der Waals surface area (Å²) in [5, 5.41) is 21.4. The number of amides is 3. The van der Waals surface area contributed by atoms with Gasteiger partial charge in [0.15, 0.2) is 0 Å². The molecular weight excluding hydrogens is 466 g/mol. The van der Waals surface area contributed by atoms with Crippen LogP contribution in [0.4, 0.5) is 0 Å². The molecule has 190 valence electrons. The van der Waals surface area contributed by atoms with E-state index < -0.39 is 29.9 Å². The molecule has 12 nitrogen and oxygen atoms in total. The smallest absolute Gasteiger partial charge is 0.326 e. The highest BCUT2D eigenvalue weighted by Crippen LogP contribution is 2.19. The van der Waals surface area contributed by atoms with Crippen LogP contribution < -0.4 is 21.3 Å². The van der Waals surface area contributed by atoms with E-state index in [2.05, 4.69) is 36.2 Å². The van der Waals surface area contributed by atoms with Crippen LogP contribution in [0.2, 0.25) is 0 Å². The number of aromatic nitrogens is 3. The van der Waals surface area contributed by atoms with E-state index in [1.54, 1.807) is 6.20 Å². The van der Waals surface area contributed by atoms with E-state index in [4.69, 9.17) is 0 Å². The number of imidazole rings is 1. The van der Waals surface area contributed by atoms with Gasteiger partial charge in [-0.1, -0.05) is 18.2 Å². The minimum atomic E-state index is -1.23. The number of benzene rings is 1. The van der Waals surface area contributed by atoms with Gasteiger partial charge in [0.1, 0.15) is 12.1 Å². The van der Waals surface area contributed by atoms with Crippen LogP contribution in [-0.2, 0) is 32.0 Å². The van der Waals surface area contributed by atoms with Gasteiger partial charge in [0.25, 0.3) is 0 Å². The summed E-state index contributed by atoms with van der Waals surface area (Å²) >= 11 is 0. The van der Waals surface area contributed by atoms with Crippen molar-refractivity contribution in [2.24, 2.45) is 0 Å². The Morgan fingerprint density at radius 1 is 1.08 bits per heavy atom. The Hall–Kier alpha value is -4.19. The highest BCUT2D eigenvalue weighted by atomic mass is 16.4. The molecule has 36 heavy (non-hydrogen) atoms. The van der Waals surface area contributed by atoms with Gasteiger partial charge in [-0.25, -0.2) is 9.78 Å². The maximum absolute atomic E-state index is 13.2. The lowest BCUT2D eigenvalue weighted by Gasteiger charge is -2.21. The first kappa shape index (κ1) is 24.9. The molecule has 3 heterocycles. The van der Waals surface area contributed by atoms with Crippen molar-refractivity contribution >= 4 is 34.6 Å². The van der Waals surface area contributed by atoms with Crippen molar-refractivity contribution in [2.45, 2.75) is 43.8 Å². The second kappa shape index (κ2) is 11.5. The van der Waals surface area contributed by atoms with Crippen LogP contribution in [0, 0.1) is 0 Å². The first-order valence-electron chi connectivity index (χ1n) is 11.8. The highest BCUT2D eigenvalue weighted by molar-refractivity contribution is 5.93. The van der Waals surface area contributed by atoms with E-state index in [-0.39, 0.29) is 31.3 Å². The number of para-hydroxylation sites is 1. The van der Waals surface area contributed by atoms with Crippen LogP contribution in [0.5, 0.6) is 0 Å². The molecule has 3 amide bonds. The Bertz CT molecular complexity index is 1220. The second-order valence-electron chi connectivity index (χ2n) is 8.73. The monoisotopic (exact) mass is 495 g/mol. The number of carboxylic acids is 1. The molecule has 1 saturated heterocycles. The Kier molecular flexibility index (Phi) is 7.95. The van der Waals surface area contributed by atoms with E-state index in [9.17, 15) is 24.3 Å². The number of carbonyl (C=O) groups is 4. The fraction of sp³-hybridized carbons (Fsp3) is 0.375. The summed E-state index contributed by atoms with van der Waals surface area (Å²) in [7, 11) is 0. The SMILES string of the molecule is O=C(CNC(=O)C1CCCN1)NC(Cc1c[nH]c2ccccc12)C(=O)NC(Cc1cnc[nH]1)C(=O)O. The number of rotatable bonds is 11. The van der Waals surface area contributed by atoms with Gasteiger partial charge in [-0.15, -0.1) is 0 Å². The average molecular weight is 496 g/mol. The first-order chi connectivity index (χ1) is 17.4. The average Bonchev–Trinajstić information content (AvgIpc) is 3.64. The topological polar surface area (TPSA) is 181 Å². The van der Waals surface area contributed by atoms with Gasteiger partial charge in [0.05, 0.1) is 18.9 Å². The van der Waals surface area contributed by atoms with Crippen LogP contribution in [-0.4, -0.2) is 75.0 Å². The largest absolute Gasteiger partial charge is 0.480 e.